The number of ether oxygens (including phenoxy) is 1. The molecule has 10 heteroatoms. The van der Waals surface area contributed by atoms with Crippen molar-refractivity contribution in [3.05, 3.63) is 47.4 Å². The molecule has 2 heterocycles. The molecule has 1 aliphatic heterocycles. The van der Waals surface area contributed by atoms with Crippen molar-refractivity contribution in [3.8, 4) is 0 Å². The smallest absolute Gasteiger partial charge is 0.329 e. The van der Waals surface area contributed by atoms with Gasteiger partial charge in [0, 0.05) is 4.90 Å². The summed E-state index contributed by atoms with van der Waals surface area (Å²) in [4.78, 5) is 56.6. The number of nitrogens with one attached hydrogen (secondary N) is 3. The maximum absolute atomic E-state index is 13.0. The number of esters is 1. The van der Waals surface area contributed by atoms with Crippen molar-refractivity contribution in [3.63, 3.8) is 0 Å². The van der Waals surface area contributed by atoms with Crippen LogP contribution in [0.4, 0.5) is 0 Å². The van der Waals surface area contributed by atoms with Crippen molar-refractivity contribution >= 4 is 35.5 Å². The topological polar surface area (TPSA) is 126 Å². The Morgan fingerprint density at radius 3 is 2.57 bits per heavy atom. The van der Waals surface area contributed by atoms with E-state index in [9.17, 15) is 19.2 Å². The summed E-state index contributed by atoms with van der Waals surface area (Å²) < 4.78 is 5.64. The number of allylic oxidation sites excluding steroid dienone is 2. The largest absolute Gasteiger partial charge is 0.456 e. The molecule has 3 amide bonds. The Hall–Kier alpha value is -3.14. The molecule has 2 atom stereocenters. The first-order valence-corrected chi connectivity index (χ1v) is 12.9. The van der Waals surface area contributed by atoms with Crippen molar-refractivity contribution in [2.45, 2.75) is 70.5 Å². The minimum Gasteiger partial charge on any atom is -0.456 e. The minimum absolute atomic E-state index is 0.00877. The standard InChI is InChI=1S/C25H34N4O5S/c1-6-8-9-10-16-13-21(30)26-14-19-20(35-5)12-11-18(27-19)24(32)28-17(7-2)23(31)29-22(15(3)4)25(33)34-16/h7,9-12,15-16,22H,6,8,13-14H2,1-5H3,(H,26,30)(H,28,32)(H,29,31)/b10-9+,17-7-/t16-,22+/m1/s1. The van der Waals surface area contributed by atoms with Crippen LogP contribution in [0.5, 0.6) is 0 Å². The maximum Gasteiger partial charge on any atom is 0.329 e. The van der Waals surface area contributed by atoms with E-state index < -0.39 is 29.9 Å². The lowest BCUT2D eigenvalue weighted by atomic mass is 10.0. The molecule has 35 heavy (non-hydrogen) atoms. The van der Waals surface area contributed by atoms with Gasteiger partial charge in [0.2, 0.25) is 5.91 Å². The van der Waals surface area contributed by atoms with E-state index in [4.69, 9.17) is 4.74 Å². The number of hydrogen-bond donors (Lipinski definition) is 3. The van der Waals surface area contributed by atoms with Gasteiger partial charge in [-0.25, -0.2) is 9.78 Å². The Balaban J connectivity index is 2.46. The number of rotatable bonds is 5. The summed E-state index contributed by atoms with van der Waals surface area (Å²) in [6, 6.07) is 2.33. The van der Waals surface area contributed by atoms with Gasteiger partial charge in [0.05, 0.1) is 18.7 Å². The maximum atomic E-state index is 13.0. The molecule has 1 aromatic heterocycles. The first-order valence-electron chi connectivity index (χ1n) is 11.7. The van der Waals surface area contributed by atoms with Crippen LogP contribution in [0, 0.1) is 5.92 Å². The Morgan fingerprint density at radius 2 is 1.94 bits per heavy atom. The van der Waals surface area contributed by atoms with Crippen LogP contribution in [0.15, 0.2) is 41.0 Å². The summed E-state index contributed by atoms with van der Waals surface area (Å²) in [6.07, 6.45) is 7.70. The van der Waals surface area contributed by atoms with Crippen molar-refractivity contribution in [1.82, 2.24) is 20.9 Å². The fraction of sp³-hybridized carbons (Fsp3) is 0.480. The molecule has 0 radical (unpaired) electrons. The summed E-state index contributed by atoms with van der Waals surface area (Å²) in [7, 11) is 0. The first kappa shape index (κ1) is 28.1. The molecular formula is C25H34N4O5S. The van der Waals surface area contributed by atoms with Gasteiger partial charge in [-0.1, -0.05) is 39.3 Å². The number of cyclic esters (lactones) is 1. The van der Waals surface area contributed by atoms with Crippen molar-refractivity contribution < 1.29 is 23.9 Å². The SMILES string of the molecule is C/C=C1\NC(=O)c2ccc(SC)c(n2)CNC(=O)C[C@@H](/C=C/CCC)OC(=O)[C@H](C(C)C)NC1=O. The van der Waals surface area contributed by atoms with Gasteiger partial charge in [0.25, 0.3) is 11.8 Å². The number of pyridine rings is 1. The third-order valence-electron chi connectivity index (χ3n) is 5.29. The number of nitrogens with zero attached hydrogens (tertiary/aromatic N) is 1. The number of fused-ring (bicyclic) bond motifs is 2. The molecule has 2 bridgehead atoms. The second-order valence-corrected chi connectivity index (χ2v) is 9.22. The summed E-state index contributed by atoms with van der Waals surface area (Å²) in [6.45, 7) is 7.27. The Kier molecular flexibility index (Phi) is 11.0. The van der Waals surface area contributed by atoms with Gasteiger partial charge in [-0.2, -0.15) is 0 Å². The quantitative estimate of drug-likeness (QED) is 0.245. The summed E-state index contributed by atoms with van der Waals surface area (Å²) in [5, 5.41) is 8.02. The van der Waals surface area contributed by atoms with Gasteiger partial charge < -0.3 is 20.7 Å². The number of carbonyl (C=O) groups is 4. The van der Waals surface area contributed by atoms with Crippen LogP contribution < -0.4 is 16.0 Å². The summed E-state index contributed by atoms with van der Waals surface area (Å²) in [5.41, 5.74) is 0.615. The molecule has 3 N–H and O–H groups in total. The lowest BCUT2D eigenvalue weighted by Gasteiger charge is -2.24. The molecule has 9 nitrogen and oxygen atoms in total. The zero-order chi connectivity index (χ0) is 26.0. The lowest BCUT2D eigenvalue weighted by Crippen LogP contribution is -2.48. The molecule has 190 valence electrons. The fourth-order valence-electron chi connectivity index (χ4n) is 3.31. The molecule has 0 spiro atoms. The molecule has 0 aliphatic carbocycles. The normalized spacial score (nSPS) is 21.6. The Morgan fingerprint density at radius 1 is 1.20 bits per heavy atom. The van der Waals surface area contributed by atoms with Crippen LogP contribution in [0.2, 0.25) is 0 Å². The minimum atomic E-state index is -0.974. The van der Waals surface area contributed by atoms with Gasteiger partial charge in [-0.3, -0.25) is 14.4 Å². The number of aromatic nitrogens is 1. The molecule has 0 fully saturated rings. The van der Waals surface area contributed by atoms with Crippen LogP contribution in [0.1, 0.15) is 63.1 Å². The number of carbonyl (C=O) groups excluding carboxylic acids is 4. The molecule has 0 saturated heterocycles. The lowest BCUT2D eigenvalue weighted by molar-refractivity contribution is -0.153. The monoisotopic (exact) mass is 502 g/mol. The number of unbranched alkanes of at least 4 members (excludes halogenated alkanes) is 1. The Labute approximate surface area is 210 Å². The third kappa shape index (κ3) is 8.24. The molecule has 2 rings (SSSR count). The number of amides is 3. The molecule has 0 aromatic carbocycles. The van der Waals surface area contributed by atoms with E-state index in [2.05, 4.69) is 20.9 Å². The fourth-order valence-corrected chi connectivity index (χ4v) is 3.87. The van der Waals surface area contributed by atoms with Crippen LogP contribution in [0.25, 0.3) is 0 Å². The predicted molar refractivity (Wildman–Crippen MR) is 134 cm³/mol. The highest BCUT2D eigenvalue weighted by molar-refractivity contribution is 7.98. The third-order valence-corrected chi connectivity index (χ3v) is 6.10. The van der Waals surface area contributed by atoms with Gasteiger partial charge in [0.15, 0.2) is 0 Å². The highest BCUT2D eigenvalue weighted by atomic mass is 32.2. The molecule has 0 unspecified atom stereocenters. The van der Waals surface area contributed by atoms with Gasteiger partial charge in [0.1, 0.15) is 23.5 Å². The zero-order valence-corrected chi connectivity index (χ0v) is 21.7. The predicted octanol–water partition coefficient (Wildman–Crippen LogP) is 2.87. The van der Waals surface area contributed by atoms with Gasteiger partial charge in [-0.15, -0.1) is 11.8 Å². The Bertz CT molecular complexity index is 1010. The van der Waals surface area contributed by atoms with Crippen LogP contribution in [0.3, 0.4) is 0 Å². The summed E-state index contributed by atoms with van der Waals surface area (Å²) in [5.74, 6) is -2.49. The van der Waals surface area contributed by atoms with Gasteiger partial charge in [-0.05, 0) is 43.7 Å². The van der Waals surface area contributed by atoms with E-state index in [0.29, 0.717) is 5.69 Å². The van der Waals surface area contributed by atoms with Crippen molar-refractivity contribution in [1.29, 1.82) is 0 Å². The van der Waals surface area contributed by atoms with Crippen LogP contribution >= 0.6 is 11.8 Å². The second-order valence-electron chi connectivity index (χ2n) is 8.37. The van der Waals surface area contributed by atoms with E-state index in [1.807, 2.05) is 19.3 Å². The molecule has 0 saturated carbocycles. The van der Waals surface area contributed by atoms with E-state index >= 15 is 0 Å². The molecule has 1 aliphatic rings. The second kappa shape index (κ2) is 13.7. The first-order chi connectivity index (χ1) is 16.7. The highest BCUT2D eigenvalue weighted by Gasteiger charge is 2.30. The molecule has 1 aromatic rings. The average Bonchev–Trinajstić information content (AvgIpc) is 2.83. The van der Waals surface area contributed by atoms with Crippen molar-refractivity contribution in [2.75, 3.05) is 6.26 Å². The van der Waals surface area contributed by atoms with Crippen molar-refractivity contribution in [2.24, 2.45) is 5.92 Å². The van der Waals surface area contributed by atoms with E-state index in [0.717, 1.165) is 17.7 Å². The van der Waals surface area contributed by atoms with E-state index in [1.165, 1.54) is 17.8 Å². The van der Waals surface area contributed by atoms with Crippen LogP contribution in [-0.4, -0.2) is 47.1 Å². The average molecular weight is 503 g/mol. The van der Waals surface area contributed by atoms with Crippen LogP contribution in [-0.2, 0) is 25.7 Å². The molecular weight excluding hydrogens is 468 g/mol. The highest BCUT2D eigenvalue weighted by Crippen LogP contribution is 2.20. The summed E-state index contributed by atoms with van der Waals surface area (Å²) >= 11 is 1.44. The van der Waals surface area contributed by atoms with E-state index in [-0.39, 0.29) is 36.2 Å². The van der Waals surface area contributed by atoms with Gasteiger partial charge >= 0.3 is 5.97 Å². The number of hydrogen-bond acceptors (Lipinski definition) is 7. The van der Waals surface area contributed by atoms with E-state index in [1.54, 1.807) is 39.0 Å². The zero-order valence-electron chi connectivity index (χ0n) is 20.8. The number of thioether (sulfide) groups is 1.